The number of aromatic nitrogens is 4. The fourth-order valence-electron chi connectivity index (χ4n) is 5.27. The maximum absolute atomic E-state index is 12.6. The van der Waals surface area contributed by atoms with Gasteiger partial charge >= 0.3 is 0 Å². The minimum atomic E-state index is -0.386. The van der Waals surface area contributed by atoms with Gasteiger partial charge in [0.2, 0.25) is 0 Å². The number of tetrazole rings is 1. The zero-order chi connectivity index (χ0) is 22.9. The summed E-state index contributed by atoms with van der Waals surface area (Å²) in [5, 5.41) is 15.8. The molecular formula is C24H27Cl2N5O. The van der Waals surface area contributed by atoms with Crippen LogP contribution >= 0.6 is 23.2 Å². The quantitative estimate of drug-likeness (QED) is 0.496. The van der Waals surface area contributed by atoms with Crippen LogP contribution in [0, 0.1) is 5.41 Å². The average Bonchev–Trinajstić information content (AvgIpc) is 3.26. The first-order valence-electron chi connectivity index (χ1n) is 10.8. The summed E-state index contributed by atoms with van der Waals surface area (Å²) in [5.41, 5.74) is 1.89. The summed E-state index contributed by atoms with van der Waals surface area (Å²) in [6.07, 6.45) is 2.42. The average molecular weight is 472 g/mol. The highest BCUT2D eigenvalue weighted by molar-refractivity contribution is 6.30. The molecule has 168 valence electrons. The Morgan fingerprint density at radius 1 is 1.16 bits per heavy atom. The van der Waals surface area contributed by atoms with E-state index >= 15 is 0 Å². The van der Waals surface area contributed by atoms with Crippen LogP contribution in [0.1, 0.15) is 56.1 Å². The maximum Gasteiger partial charge on any atom is 0.149 e. The highest BCUT2D eigenvalue weighted by Gasteiger charge is 2.51. The second-order valence-electron chi connectivity index (χ2n) is 9.16. The van der Waals surface area contributed by atoms with Crippen molar-refractivity contribution >= 4 is 29.5 Å². The van der Waals surface area contributed by atoms with E-state index in [1.165, 1.54) is 0 Å². The van der Waals surface area contributed by atoms with E-state index < -0.39 is 0 Å². The molecule has 0 saturated carbocycles. The van der Waals surface area contributed by atoms with Crippen molar-refractivity contribution < 1.29 is 4.79 Å². The van der Waals surface area contributed by atoms with Gasteiger partial charge in [0.05, 0.1) is 6.04 Å². The molecular weight excluding hydrogens is 445 g/mol. The molecule has 4 atom stereocenters. The van der Waals surface area contributed by atoms with Gasteiger partial charge < -0.3 is 4.79 Å². The molecule has 4 unspecified atom stereocenters. The normalized spacial score (nSPS) is 26.4. The largest absolute Gasteiger partial charge is 0.302 e. The van der Waals surface area contributed by atoms with Gasteiger partial charge in [-0.15, -0.1) is 5.10 Å². The number of carbonyl (C=O) groups is 1. The predicted octanol–water partition coefficient (Wildman–Crippen LogP) is 5.26. The molecule has 32 heavy (non-hydrogen) atoms. The molecule has 0 radical (unpaired) electrons. The molecule has 3 aromatic rings. The van der Waals surface area contributed by atoms with E-state index in [0.717, 1.165) is 23.8 Å². The topological polar surface area (TPSA) is 74.8 Å². The van der Waals surface area contributed by atoms with Crippen molar-refractivity contribution in [3.05, 3.63) is 75.5 Å². The number of halogens is 2. The summed E-state index contributed by atoms with van der Waals surface area (Å²) < 4.78 is 0. The molecule has 0 aliphatic carbocycles. The summed E-state index contributed by atoms with van der Waals surface area (Å²) >= 11 is 12.6. The first kappa shape index (κ1) is 22.9. The third-order valence-electron chi connectivity index (χ3n) is 6.60. The second kappa shape index (κ2) is 9.30. The smallest absolute Gasteiger partial charge is 0.149 e. The van der Waals surface area contributed by atoms with E-state index in [-0.39, 0.29) is 29.5 Å². The molecule has 0 amide bonds. The third-order valence-corrected chi connectivity index (χ3v) is 7.08. The van der Waals surface area contributed by atoms with Crippen molar-refractivity contribution in [2.75, 3.05) is 0 Å². The van der Waals surface area contributed by atoms with Crippen LogP contribution in [0.2, 0.25) is 10.0 Å². The van der Waals surface area contributed by atoms with E-state index in [2.05, 4.69) is 64.5 Å². The number of H-pyrrole nitrogens is 1. The van der Waals surface area contributed by atoms with Gasteiger partial charge in [0.1, 0.15) is 12.1 Å². The summed E-state index contributed by atoms with van der Waals surface area (Å²) in [7, 11) is 0. The van der Waals surface area contributed by atoms with E-state index in [9.17, 15) is 4.79 Å². The summed E-state index contributed by atoms with van der Waals surface area (Å²) in [6, 6.07) is 15.8. The lowest BCUT2D eigenvalue weighted by Gasteiger charge is -2.55. The van der Waals surface area contributed by atoms with Crippen molar-refractivity contribution in [1.29, 1.82) is 0 Å². The van der Waals surface area contributed by atoms with Gasteiger partial charge in [0.15, 0.2) is 0 Å². The van der Waals surface area contributed by atoms with Crippen molar-refractivity contribution in [3.63, 3.8) is 0 Å². The SMILES string of the molecule is CC(C)N1C(c2ccc(Cl)cc2)C(c2cccc(Cl)c2)CC(C)(Cc2nnn[nH]2)C1C=O. The van der Waals surface area contributed by atoms with Gasteiger partial charge in [-0.1, -0.05) is 54.4 Å². The van der Waals surface area contributed by atoms with E-state index in [4.69, 9.17) is 23.2 Å². The number of nitrogens with one attached hydrogen (secondary N) is 1. The number of likely N-dealkylation sites (tertiary alicyclic amines) is 1. The lowest BCUT2D eigenvalue weighted by molar-refractivity contribution is -0.126. The minimum Gasteiger partial charge on any atom is -0.302 e. The second-order valence-corrected chi connectivity index (χ2v) is 10.0. The Balaban J connectivity index is 1.87. The zero-order valence-corrected chi connectivity index (χ0v) is 19.9. The van der Waals surface area contributed by atoms with Crippen LogP contribution in [0.4, 0.5) is 0 Å². The number of aromatic amines is 1. The van der Waals surface area contributed by atoms with Crippen LogP contribution in [0.3, 0.4) is 0 Å². The third kappa shape index (κ3) is 4.45. The van der Waals surface area contributed by atoms with E-state index in [1.54, 1.807) is 0 Å². The number of hydrogen-bond donors (Lipinski definition) is 1. The van der Waals surface area contributed by atoms with Crippen molar-refractivity contribution in [2.45, 2.75) is 57.7 Å². The first-order chi connectivity index (χ1) is 15.3. The number of piperidine rings is 1. The Labute approximate surface area is 198 Å². The van der Waals surface area contributed by atoms with Crippen LogP contribution < -0.4 is 0 Å². The molecule has 1 aliphatic heterocycles. The van der Waals surface area contributed by atoms with Gasteiger partial charge in [-0.25, -0.2) is 5.10 Å². The highest BCUT2D eigenvalue weighted by atomic mass is 35.5. The molecule has 0 spiro atoms. The van der Waals surface area contributed by atoms with Gasteiger partial charge in [0.25, 0.3) is 0 Å². The van der Waals surface area contributed by atoms with E-state index in [0.29, 0.717) is 22.3 Å². The Bertz CT molecular complexity index is 1060. The van der Waals surface area contributed by atoms with Crippen LogP contribution in [0.5, 0.6) is 0 Å². The van der Waals surface area contributed by atoms with Crippen LogP contribution in [0.25, 0.3) is 0 Å². The molecule has 1 N–H and O–H groups in total. The molecule has 8 heteroatoms. The Kier molecular flexibility index (Phi) is 6.65. The molecule has 1 saturated heterocycles. The molecule has 1 aliphatic rings. The highest BCUT2D eigenvalue weighted by Crippen LogP contribution is 2.53. The molecule has 4 rings (SSSR count). The van der Waals surface area contributed by atoms with Crippen molar-refractivity contribution in [3.8, 4) is 0 Å². The summed E-state index contributed by atoms with van der Waals surface area (Å²) in [6.45, 7) is 6.42. The van der Waals surface area contributed by atoms with Crippen molar-refractivity contribution in [1.82, 2.24) is 25.5 Å². The van der Waals surface area contributed by atoms with E-state index in [1.807, 2.05) is 30.3 Å². The fourth-order valence-corrected chi connectivity index (χ4v) is 5.59. The molecule has 0 bridgehead atoms. The number of nitrogens with zero attached hydrogens (tertiary/aromatic N) is 4. The molecule has 1 fully saturated rings. The first-order valence-corrected chi connectivity index (χ1v) is 11.5. The van der Waals surface area contributed by atoms with Gasteiger partial charge in [-0.05, 0) is 71.5 Å². The molecule has 1 aromatic heterocycles. The Morgan fingerprint density at radius 3 is 2.50 bits per heavy atom. The number of hydrogen-bond acceptors (Lipinski definition) is 5. The van der Waals surface area contributed by atoms with Crippen LogP contribution in [0.15, 0.2) is 48.5 Å². The van der Waals surface area contributed by atoms with Crippen molar-refractivity contribution in [2.24, 2.45) is 5.41 Å². The Morgan fingerprint density at radius 2 is 1.91 bits per heavy atom. The van der Waals surface area contributed by atoms with Crippen LogP contribution in [-0.4, -0.2) is 43.9 Å². The lowest BCUT2D eigenvalue weighted by Crippen LogP contribution is -2.58. The van der Waals surface area contributed by atoms with Crippen LogP contribution in [-0.2, 0) is 11.2 Å². The maximum atomic E-state index is 12.6. The fraction of sp³-hybridized carbons (Fsp3) is 0.417. The summed E-state index contributed by atoms with van der Waals surface area (Å²) in [4.78, 5) is 14.9. The number of benzene rings is 2. The van der Waals surface area contributed by atoms with Gasteiger partial charge in [-0.3, -0.25) is 4.90 Å². The predicted molar refractivity (Wildman–Crippen MR) is 126 cm³/mol. The zero-order valence-electron chi connectivity index (χ0n) is 18.4. The number of carbonyl (C=O) groups excluding carboxylic acids is 1. The lowest BCUT2D eigenvalue weighted by atomic mass is 9.63. The molecule has 6 nitrogen and oxygen atoms in total. The number of rotatable bonds is 6. The minimum absolute atomic E-state index is 0.0122. The monoisotopic (exact) mass is 471 g/mol. The molecule has 2 aromatic carbocycles. The molecule has 2 heterocycles. The standard InChI is InChI=1S/C24H27Cl2N5O/c1-15(2)31-21(14-32)24(3,13-22-27-29-30-28-22)12-20(17-5-4-6-19(26)11-17)23(31)16-7-9-18(25)10-8-16/h4-11,14-15,20-21,23H,12-13H2,1-3H3,(H,27,28,29,30). The Hall–Kier alpha value is -2.28. The summed E-state index contributed by atoms with van der Waals surface area (Å²) in [5.74, 6) is 0.784. The number of aldehydes is 1. The van der Waals surface area contributed by atoms with Gasteiger partial charge in [0, 0.05) is 34.5 Å². The van der Waals surface area contributed by atoms with Gasteiger partial charge in [-0.2, -0.15) is 0 Å².